The third kappa shape index (κ3) is 31.9. The fraction of sp³-hybridized carbons (Fsp3) is 0.667. The molecule has 0 aromatic rings. The van der Waals surface area contributed by atoms with Crippen molar-refractivity contribution in [1.29, 1.82) is 0 Å². The van der Waals surface area contributed by atoms with Crippen molar-refractivity contribution in [3.8, 4) is 0 Å². The molecule has 0 bridgehead atoms. The average molecular weight is 272 g/mol. The molecule has 8 nitrogen and oxygen atoms in total. The van der Waals surface area contributed by atoms with Crippen LogP contribution in [0.1, 0.15) is 0 Å². The molecule has 0 atom stereocenters. The monoisotopic (exact) mass is 271 g/mol. The van der Waals surface area contributed by atoms with Gasteiger partial charge in [-0.2, -0.15) is 0 Å². The summed E-state index contributed by atoms with van der Waals surface area (Å²) in [5, 5.41) is 39.1. The number of hydrogen-bond donors (Lipinski definition) is 4. The molecular weight excluding hydrogens is 260 g/mol. The molecule has 93 valence electrons. The smallest absolute Gasteiger partial charge is 0.549 e. The third-order valence-corrected chi connectivity index (χ3v) is 0.762. The Hall–Kier alpha value is -0.701. The van der Waals surface area contributed by atoms with Crippen LogP contribution in [0.4, 0.5) is 0 Å². The van der Waals surface area contributed by atoms with Crippen LogP contribution >= 0.6 is 0 Å². The van der Waals surface area contributed by atoms with Gasteiger partial charge in [0, 0.05) is 13.1 Å². The Morgan fingerprint density at radius 3 is 1.27 bits per heavy atom. The normalized spacial score (nSPS) is 8.13. The van der Waals surface area contributed by atoms with Gasteiger partial charge in [0.1, 0.15) is 0 Å². The van der Waals surface area contributed by atoms with Gasteiger partial charge in [-0.05, 0) is 0 Å². The Kier molecular flexibility index (Phi) is 20.8. The quantitative estimate of drug-likeness (QED) is 0.277. The standard InChI is InChI=1S/2C3H7NO3.Cu/c2*5-2-4-1-3(6)7;/h2*4-5H,1-2H2,(H,6,7);/q;;+2/p-2. The number of carboxylic acids is 2. The van der Waals surface area contributed by atoms with E-state index in [0.717, 1.165) is 0 Å². The topological polar surface area (TPSA) is 145 Å². The summed E-state index contributed by atoms with van der Waals surface area (Å²) in [5.74, 6) is -2.43. The van der Waals surface area contributed by atoms with Crippen LogP contribution in [0.15, 0.2) is 0 Å². The first-order chi connectivity index (χ1) is 6.54. The van der Waals surface area contributed by atoms with Crippen LogP contribution in [0.2, 0.25) is 0 Å². The summed E-state index contributed by atoms with van der Waals surface area (Å²) >= 11 is 0. The Morgan fingerprint density at radius 1 is 0.933 bits per heavy atom. The van der Waals surface area contributed by atoms with E-state index in [1.165, 1.54) is 0 Å². The summed E-state index contributed by atoms with van der Waals surface area (Å²) in [6, 6.07) is 0. The van der Waals surface area contributed by atoms with E-state index >= 15 is 0 Å². The summed E-state index contributed by atoms with van der Waals surface area (Å²) in [6.07, 6.45) is 0. The van der Waals surface area contributed by atoms with Crippen LogP contribution in [0.25, 0.3) is 0 Å². The molecule has 0 spiro atoms. The first kappa shape index (κ1) is 19.8. The summed E-state index contributed by atoms with van der Waals surface area (Å²) in [5.41, 5.74) is 0. The molecule has 0 aliphatic carbocycles. The minimum absolute atomic E-state index is 0. The zero-order valence-electron chi connectivity index (χ0n) is 7.66. The zero-order chi connectivity index (χ0) is 11.4. The van der Waals surface area contributed by atoms with Crippen molar-refractivity contribution < 1.29 is 47.1 Å². The molecule has 0 aliphatic rings. The van der Waals surface area contributed by atoms with Gasteiger partial charge in [-0.25, -0.2) is 0 Å². The van der Waals surface area contributed by atoms with E-state index in [4.69, 9.17) is 10.2 Å². The number of carbonyl (C=O) groups excluding carboxylic acids is 2. The molecular formula is C6H12CuN2O6. The maximum absolute atomic E-state index is 9.47. The van der Waals surface area contributed by atoms with Crippen molar-refractivity contribution >= 4 is 11.9 Å². The Balaban J connectivity index is -0.000000180. The number of aliphatic carboxylic acids is 2. The van der Waals surface area contributed by atoms with E-state index in [0.29, 0.717) is 0 Å². The van der Waals surface area contributed by atoms with Crippen molar-refractivity contribution in [2.75, 3.05) is 26.6 Å². The summed E-state index contributed by atoms with van der Waals surface area (Å²) < 4.78 is 0. The van der Waals surface area contributed by atoms with E-state index < -0.39 is 11.9 Å². The second kappa shape index (κ2) is 15.8. The van der Waals surface area contributed by atoms with E-state index in [1.807, 2.05) is 0 Å². The predicted molar refractivity (Wildman–Crippen MR) is 40.2 cm³/mol. The summed E-state index contributed by atoms with van der Waals surface area (Å²) in [4.78, 5) is 18.9. The molecule has 15 heavy (non-hydrogen) atoms. The van der Waals surface area contributed by atoms with Crippen molar-refractivity contribution in [3.63, 3.8) is 0 Å². The van der Waals surface area contributed by atoms with Gasteiger partial charge < -0.3 is 30.0 Å². The van der Waals surface area contributed by atoms with Gasteiger partial charge in [0.25, 0.3) is 0 Å². The predicted octanol–water partition coefficient (Wildman–Crippen LogP) is -5.45. The molecule has 0 aromatic heterocycles. The maximum atomic E-state index is 9.47. The van der Waals surface area contributed by atoms with Gasteiger partial charge in [0.05, 0.1) is 25.4 Å². The van der Waals surface area contributed by atoms with Crippen LogP contribution in [0.5, 0.6) is 0 Å². The van der Waals surface area contributed by atoms with E-state index in [9.17, 15) is 19.8 Å². The van der Waals surface area contributed by atoms with Crippen LogP contribution in [-0.4, -0.2) is 48.7 Å². The van der Waals surface area contributed by atoms with Gasteiger partial charge in [-0.1, -0.05) is 0 Å². The maximum Gasteiger partial charge on any atom is 2.00 e. The van der Waals surface area contributed by atoms with E-state index in [2.05, 4.69) is 10.6 Å². The minimum atomic E-state index is -1.21. The van der Waals surface area contributed by atoms with Crippen molar-refractivity contribution in [1.82, 2.24) is 10.6 Å². The SMILES string of the molecule is O=C([O-])CNCO.O=C([O-])CNCO.[Cu+2]. The molecule has 0 amide bonds. The second-order valence-corrected chi connectivity index (χ2v) is 1.91. The number of nitrogens with one attached hydrogen (secondary N) is 2. The van der Waals surface area contributed by atoms with Crippen LogP contribution in [0.3, 0.4) is 0 Å². The van der Waals surface area contributed by atoms with Gasteiger partial charge in [0.15, 0.2) is 0 Å². The van der Waals surface area contributed by atoms with Gasteiger partial charge in [-0.3, -0.25) is 10.6 Å². The molecule has 0 saturated heterocycles. The third-order valence-electron chi connectivity index (χ3n) is 0.762. The first-order valence-corrected chi connectivity index (χ1v) is 3.57. The molecule has 0 heterocycles. The molecule has 9 heteroatoms. The first-order valence-electron chi connectivity index (χ1n) is 3.57. The van der Waals surface area contributed by atoms with Crippen LogP contribution in [0, 0.1) is 0 Å². The van der Waals surface area contributed by atoms with Gasteiger partial charge in [0.2, 0.25) is 0 Å². The fourth-order valence-electron chi connectivity index (χ4n) is 0.316. The molecule has 4 N–H and O–H groups in total. The number of aliphatic hydroxyl groups excluding tert-OH is 2. The van der Waals surface area contributed by atoms with E-state index in [-0.39, 0.29) is 43.6 Å². The van der Waals surface area contributed by atoms with Crippen LogP contribution < -0.4 is 20.8 Å². The molecule has 0 aliphatic heterocycles. The van der Waals surface area contributed by atoms with E-state index in [1.54, 1.807) is 0 Å². The van der Waals surface area contributed by atoms with Crippen molar-refractivity contribution in [2.24, 2.45) is 0 Å². The zero-order valence-corrected chi connectivity index (χ0v) is 8.60. The summed E-state index contributed by atoms with van der Waals surface area (Å²) in [6.45, 7) is -1.24. The number of carbonyl (C=O) groups is 2. The van der Waals surface area contributed by atoms with Crippen molar-refractivity contribution in [2.45, 2.75) is 0 Å². The Bertz CT molecular complexity index is 150. The average Bonchev–Trinajstić information content (AvgIpc) is 2.12. The largest absolute Gasteiger partial charge is 2.00 e. The molecule has 0 aromatic carbocycles. The number of hydrogen-bond acceptors (Lipinski definition) is 8. The Morgan fingerprint density at radius 2 is 1.20 bits per heavy atom. The minimum Gasteiger partial charge on any atom is -0.549 e. The number of carboxylic acid groups (broad SMARTS) is 2. The van der Waals surface area contributed by atoms with Crippen LogP contribution in [-0.2, 0) is 26.7 Å². The molecule has 0 saturated carbocycles. The second-order valence-electron chi connectivity index (χ2n) is 1.91. The number of rotatable bonds is 6. The molecule has 0 fully saturated rings. The Labute approximate surface area is 96.8 Å². The molecule has 0 rings (SSSR count). The van der Waals surface area contributed by atoms with Crippen molar-refractivity contribution in [3.05, 3.63) is 0 Å². The molecule has 1 radical (unpaired) electrons. The van der Waals surface area contributed by atoms with Gasteiger partial charge in [-0.15, -0.1) is 0 Å². The number of aliphatic hydroxyl groups is 2. The van der Waals surface area contributed by atoms with Gasteiger partial charge >= 0.3 is 17.1 Å². The summed E-state index contributed by atoms with van der Waals surface area (Å²) in [7, 11) is 0. The fourth-order valence-corrected chi connectivity index (χ4v) is 0.316. The molecule has 0 unspecified atom stereocenters.